The monoisotopic (exact) mass is 363 g/mol. The van der Waals surface area contributed by atoms with E-state index in [0.29, 0.717) is 5.91 Å². The lowest BCUT2D eigenvalue weighted by Gasteiger charge is -2.37. The molecule has 1 fully saturated rings. The first-order chi connectivity index (χ1) is 12.0. The number of hydrogen-bond donors (Lipinski definition) is 0. The Bertz CT molecular complexity index is 633. The van der Waals surface area contributed by atoms with Crippen molar-refractivity contribution in [2.24, 2.45) is 5.92 Å². The van der Waals surface area contributed by atoms with Gasteiger partial charge in [0, 0.05) is 51.1 Å². The fourth-order valence-electron chi connectivity index (χ4n) is 3.83. The van der Waals surface area contributed by atoms with Crippen molar-refractivity contribution in [3.63, 3.8) is 0 Å². The van der Waals surface area contributed by atoms with E-state index in [0.717, 1.165) is 56.9 Å². The number of carbonyl (C=O) groups excluding carboxylic acids is 2. The number of amides is 2. The van der Waals surface area contributed by atoms with Crippen LogP contribution in [0.2, 0.25) is 0 Å². The number of thiophene rings is 1. The zero-order valence-electron chi connectivity index (χ0n) is 15.6. The van der Waals surface area contributed by atoms with Crippen LogP contribution in [0.15, 0.2) is 6.07 Å². The summed E-state index contributed by atoms with van der Waals surface area (Å²) in [7, 11) is 3.57. The van der Waals surface area contributed by atoms with Crippen LogP contribution >= 0.6 is 11.3 Å². The quantitative estimate of drug-likeness (QED) is 0.823. The summed E-state index contributed by atoms with van der Waals surface area (Å²) in [6.45, 7) is 7.04. The molecule has 0 spiro atoms. The molecular formula is C19H29N3O2S. The Morgan fingerprint density at radius 1 is 1.24 bits per heavy atom. The summed E-state index contributed by atoms with van der Waals surface area (Å²) < 4.78 is 0. The number of nitrogens with zero attached hydrogens (tertiary/aromatic N) is 3. The second-order valence-electron chi connectivity index (χ2n) is 7.37. The molecule has 138 valence electrons. The topological polar surface area (TPSA) is 43.9 Å². The first-order valence-electron chi connectivity index (χ1n) is 9.34. The molecule has 2 amide bonds. The van der Waals surface area contributed by atoms with Crippen molar-refractivity contribution in [2.75, 3.05) is 46.8 Å². The lowest BCUT2D eigenvalue weighted by Crippen LogP contribution is -2.50. The maximum absolute atomic E-state index is 12.9. The fraction of sp³-hybridized carbons (Fsp3) is 0.684. The predicted octanol–water partition coefficient (Wildman–Crippen LogP) is 2.11. The highest BCUT2D eigenvalue weighted by molar-refractivity contribution is 7.14. The molecule has 1 aromatic rings. The minimum atomic E-state index is 0.0642. The van der Waals surface area contributed by atoms with E-state index in [-0.39, 0.29) is 11.8 Å². The van der Waals surface area contributed by atoms with Crippen LogP contribution in [0, 0.1) is 5.92 Å². The highest BCUT2D eigenvalue weighted by Gasteiger charge is 2.31. The molecule has 2 aliphatic rings. The first-order valence-corrected chi connectivity index (χ1v) is 10.2. The highest BCUT2D eigenvalue weighted by atomic mass is 32.1. The zero-order valence-corrected chi connectivity index (χ0v) is 16.4. The summed E-state index contributed by atoms with van der Waals surface area (Å²) in [5, 5.41) is 0. The largest absolute Gasteiger partial charge is 0.344 e. The lowest BCUT2D eigenvalue weighted by molar-refractivity contribution is -0.137. The van der Waals surface area contributed by atoms with E-state index in [1.165, 1.54) is 16.9 Å². The molecule has 0 N–H and O–H groups in total. The Hall–Kier alpha value is -1.40. The molecule has 25 heavy (non-hydrogen) atoms. The number of rotatable bonds is 4. The number of aryl methyl sites for hydroxylation is 1. The van der Waals surface area contributed by atoms with Gasteiger partial charge in [-0.25, -0.2) is 0 Å². The number of piperazine rings is 1. The molecule has 3 rings (SSSR count). The molecule has 0 aromatic carbocycles. The van der Waals surface area contributed by atoms with Crippen LogP contribution in [0.5, 0.6) is 0 Å². The molecule has 0 saturated carbocycles. The van der Waals surface area contributed by atoms with Crippen molar-refractivity contribution in [1.82, 2.24) is 14.7 Å². The second kappa shape index (κ2) is 7.87. The molecule has 1 atom stereocenters. The average Bonchev–Trinajstić information content (AvgIpc) is 3.04. The van der Waals surface area contributed by atoms with E-state index < -0.39 is 0 Å². The highest BCUT2D eigenvalue weighted by Crippen LogP contribution is 2.33. The molecule has 5 nitrogen and oxygen atoms in total. The third-order valence-corrected chi connectivity index (χ3v) is 6.50. The van der Waals surface area contributed by atoms with Gasteiger partial charge in [-0.3, -0.25) is 14.5 Å². The van der Waals surface area contributed by atoms with Gasteiger partial charge in [-0.05, 0) is 43.9 Å². The third kappa shape index (κ3) is 4.06. The Labute approximate surface area is 154 Å². The summed E-state index contributed by atoms with van der Waals surface area (Å²) in [6, 6.07) is 2.01. The summed E-state index contributed by atoms with van der Waals surface area (Å²) in [5.41, 5.74) is 1.21. The minimum absolute atomic E-state index is 0.0642. The molecule has 6 heteroatoms. The Balaban J connectivity index is 1.61. The Kier molecular flexibility index (Phi) is 5.79. The zero-order chi connectivity index (χ0) is 18.0. The van der Waals surface area contributed by atoms with Crippen molar-refractivity contribution in [3.05, 3.63) is 21.4 Å². The van der Waals surface area contributed by atoms with Gasteiger partial charge >= 0.3 is 0 Å². The number of hydrogen-bond acceptors (Lipinski definition) is 4. The van der Waals surface area contributed by atoms with Crippen LogP contribution in [-0.4, -0.2) is 73.3 Å². The van der Waals surface area contributed by atoms with Gasteiger partial charge in [-0.2, -0.15) is 0 Å². The molecular weight excluding hydrogens is 334 g/mol. The lowest BCUT2D eigenvalue weighted by atomic mass is 9.87. The van der Waals surface area contributed by atoms with Gasteiger partial charge in [0.15, 0.2) is 0 Å². The molecule has 1 aromatic heterocycles. The van der Waals surface area contributed by atoms with Gasteiger partial charge in [0.25, 0.3) is 5.91 Å². The van der Waals surface area contributed by atoms with Crippen molar-refractivity contribution in [1.29, 1.82) is 0 Å². The van der Waals surface area contributed by atoms with Crippen molar-refractivity contribution in [3.8, 4) is 0 Å². The smallest absolute Gasteiger partial charge is 0.263 e. The van der Waals surface area contributed by atoms with Gasteiger partial charge < -0.3 is 9.80 Å². The maximum Gasteiger partial charge on any atom is 0.263 e. The molecule has 1 aliphatic heterocycles. The standard InChI is InChI=1S/C19H29N3O2S/c1-4-7-21-8-10-22(11-9-21)18(23)14-5-6-16-15(12-14)13-17(25-16)19(24)20(2)3/h13-14H,4-12H2,1-3H3/t14-/m1/s1. The summed E-state index contributed by atoms with van der Waals surface area (Å²) in [6.07, 6.45) is 3.80. The SMILES string of the molecule is CCCN1CCN(C(=O)[C@@H]2CCc3sc(C(=O)N(C)C)cc3C2)CC1. The van der Waals surface area contributed by atoms with Crippen LogP contribution in [-0.2, 0) is 17.6 Å². The normalized spacial score (nSPS) is 21.1. The molecule has 0 radical (unpaired) electrons. The minimum Gasteiger partial charge on any atom is -0.344 e. The van der Waals surface area contributed by atoms with Crippen LogP contribution in [0.4, 0.5) is 0 Å². The van der Waals surface area contributed by atoms with Gasteiger partial charge in [-0.15, -0.1) is 11.3 Å². The van der Waals surface area contributed by atoms with Crippen LogP contribution in [0.1, 0.15) is 39.9 Å². The van der Waals surface area contributed by atoms with Crippen LogP contribution in [0.25, 0.3) is 0 Å². The second-order valence-corrected chi connectivity index (χ2v) is 8.50. The molecule has 1 saturated heterocycles. The summed E-state index contributed by atoms with van der Waals surface area (Å²) in [5.74, 6) is 0.463. The average molecular weight is 364 g/mol. The van der Waals surface area contributed by atoms with Gasteiger partial charge in [0.05, 0.1) is 4.88 Å². The maximum atomic E-state index is 12.9. The third-order valence-electron chi connectivity index (χ3n) is 5.27. The van der Waals surface area contributed by atoms with Crippen LogP contribution in [0.3, 0.4) is 0 Å². The van der Waals surface area contributed by atoms with Crippen molar-refractivity contribution >= 4 is 23.2 Å². The van der Waals surface area contributed by atoms with Crippen LogP contribution < -0.4 is 0 Å². The van der Waals surface area contributed by atoms with Gasteiger partial charge in [0.1, 0.15) is 0 Å². The van der Waals surface area contributed by atoms with Gasteiger partial charge in [-0.1, -0.05) is 6.92 Å². The van der Waals surface area contributed by atoms with E-state index in [2.05, 4.69) is 16.7 Å². The molecule has 0 unspecified atom stereocenters. The molecule has 1 aliphatic carbocycles. The van der Waals surface area contributed by atoms with E-state index >= 15 is 0 Å². The van der Waals surface area contributed by atoms with Crippen molar-refractivity contribution in [2.45, 2.75) is 32.6 Å². The Morgan fingerprint density at radius 3 is 2.60 bits per heavy atom. The molecule has 2 heterocycles. The van der Waals surface area contributed by atoms with Crippen molar-refractivity contribution < 1.29 is 9.59 Å². The summed E-state index contributed by atoms with van der Waals surface area (Å²) >= 11 is 1.60. The summed E-state index contributed by atoms with van der Waals surface area (Å²) in [4.78, 5) is 33.3. The Morgan fingerprint density at radius 2 is 1.96 bits per heavy atom. The number of fused-ring (bicyclic) bond motifs is 1. The van der Waals surface area contributed by atoms with E-state index in [9.17, 15) is 9.59 Å². The first kappa shape index (κ1) is 18.4. The van der Waals surface area contributed by atoms with E-state index in [1.807, 2.05) is 6.07 Å². The van der Waals surface area contributed by atoms with E-state index in [1.54, 1.807) is 30.3 Å². The molecule has 0 bridgehead atoms. The predicted molar refractivity (Wildman–Crippen MR) is 101 cm³/mol. The number of carbonyl (C=O) groups is 2. The fourth-order valence-corrected chi connectivity index (χ4v) is 5.06. The van der Waals surface area contributed by atoms with Gasteiger partial charge in [0.2, 0.25) is 5.91 Å². The van der Waals surface area contributed by atoms with E-state index in [4.69, 9.17) is 0 Å².